The topological polar surface area (TPSA) is 120 Å². The molecule has 0 radical (unpaired) electrons. The number of nitrogens with zero attached hydrogens (tertiary/aromatic N) is 6. The average molecular weight is 752 g/mol. The highest BCUT2D eigenvalue weighted by molar-refractivity contribution is 5.96. The van der Waals surface area contributed by atoms with Crippen LogP contribution in [0, 0.1) is 11.3 Å². The second-order valence-corrected chi connectivity index (χ2v) is 14.4. The minimum atomic E-state index is -0.763. The molecule has 288 valence electrons. The lowest BCUT2D eigenvalue weighted by Gasteiger charge is -2.39. The molecule has 0 spiro atoms. The summed E-state index contributed by atoms with van der Waals surface area (Å²) in [5, 5.41) is 11.9. The first-order valence-corrected chi connectivity index (χ1v) is 19.1. The molecule has 2 aliphatic rings. The van der Waals surface area contributed by atoms with E-state index in [1.165, 1.54) is 13.0 Å². The minimum absolute atomic E-state index is 0.0883. The van der Waals surface area contributed by atoms with E-state index >= 15 is 0 Å². The number of hydrogen-bond acceptors (Lipinski definition) is 7. The van der Waals surface area contributed by atoms with Crippen LogP contribution in [0.25, 0.3) is 6.08 Å². The smallest absolute Gasteiger partial charge is 0.247 e. The number of hydrogen-bond donors (Lipinski definition) is 1. The summed E-state index contributed by atoms with van der Waals surface area (Å²) >= 11 is 0. The first-order chi connectivity index (χ1) is 27.1. The lowest BCUT2D eigenvalue weighted by atomic mass is 10.0. The quantitative estimate of drug-likeness (QED) is 0.198. The van der Waals surface area contributed by atoms with Crippen LogP contribution in [0.15, 0.2) is 109 Å². The Balaban J connectivity index is 1.24. The van der Waals surface area contributed by atoms with E-state index < -0.39 is 6.04 Å². The van der Waals surface area contributed by atoms with Gasteiger partial charge in [-0.2, -0.15) is 5.26 Å². The van der Waals surface area contributed by atoms with Gasteiger partial charge in [0.15, 0.2) is 0 Å². The van der Waals surface area contributed by atoms with E-state index in [0.29, 0.717) is 56.9 Å². The number of nitrogens with one attached hydrogen (secondary N) is 1. The Labute approximate surface area is 329 Å². The monoisotopic (exact) mass is 751 g/mol. The van der Waals surface area contributed by atoms with E-state index in [2.05, 4.69) is 33.3 Å². The third-order valence-electron chi connectivity index (χ3n) is 10.4. The van der Waals surface area contributed by atoms with Crippen LogP contribution in [0.4, 0.5) is 11.4 Å². The van der Waals surface area contributed by atoms with E-state index in [4.69, 9.17) is 0 Å². The number of benzene rings is 4. The highest BCUT2D eigenvalue weighted by Crippen LogP contribution is 2.23. The molecule has 0 aromatic heterocycles. The Kier molecular flexibility index (Phi) is 13.3. The molecule has 56 heavy (non-hydrogen) atoms. The summed E-state index contributed by atoms with van der Waals surface area (Å²) in [5.41, 5.74) is 6.10. The summed E-state index contributed by atoms with van der Waals surface area (Å²) in [6.07, 6.45) is 3.62. The summed E-state index contributed by atoms with van der Waals surface area (Å²) in [6.45, 7) is 9.29. The number of rotatable bonds is 12. The Bertz CT molecular complexity index is 2030. The second kappa shape index (κ2) is 18.9. The number of anilines is 2. The van der Waals surface area contributed by atoms with Crippen LogP contribution < -0.4 is 10.2 Å². The molecule has 0 saturated carbocycles. The van der Waals surface area contributed by atoms with Gasteiger partial charge in [-0.05, 0) is 64.7 Å². The number of nitriles is 1. The summed E-state index contributed by atoms with van der Waals surface area (Å²) in [5.74, 6) is -0.447. The van der Waals surface area contributed by atoms with Crippen molar-refractivity contribution < 1.29 is 19.2 Å². The predicted octanol–water partition coefficient (Wildman–Crippen LogP) is 5.18. The van der Waals surface area contributed by atoms with Crippen molar-refractivity contribution in [2.75, 3.05) is 62.6 Å². The van der Waals surface area contributed by atoms with E-state index in [0.717, 1.165) is 47.6 Å². The van der Waals surface area contributed by atoms with Gasteiger partial charge in [0.05, 0.1) is 11.6 Å². The molecule has 2 aliphatic heterocycles. The molecule has 2 saturated heterocycles. The third kappa shape index (κ3) is 10.7. The van der Waals surface area contributed by atoms with E-state index in [9.17, 15) is 24.4 Å². The minimum Gasteiger partial charge on any atom is -0.368 e. The van der Waals surface area contributed by atoms with Crippen molar-refractivity contribution >= 4 is 41.1 Å². The Morgan fingerprint density at radius 3 is 1.96 bits per heavy atom. The first kappa shape index (κ1) is 39.4. The van der Waals surface area contributed by atoms with E-state index in [1.54, 1.807) is 30.0 Å². The zero-order chi connectivity index (χ0) is 39.4. The van der Waals surface area contributed by atoms with Crippen LogP contribution in [-0.2, 0) is 38.7 Å². The van der Waals surface area contributed by atoms with Crippen LogP contribution in [-0.4, -0.2) is 102 Å². The molecule has 0 bridgehead atoms. The van der Waals surface area contributed by atoms with Gasteiger partial charge in [0, 0.05) is 103 Å². The van der Waals surface area contributed by atoms with Crippen molar-refractivity contribution in [3.8, 4) is 6.07 Å². The standard InChI is InChI=1S/C45H49N7O4/c1-34(53)47-41-17-12-36(13-18-41)16-21-44(55)52(33-40-14-19-42(20-15-40)50-28-26-49(27-29-50)35(2)54)43(30-37-6-4-3-5-7-37)45(56)51-24-22-48(23-25-51)32-39-10-8-38(31-46)9-11-39/h3-21,43H,22-30,32-33H2,1-2H3,(H,47,53)/t43-/m0/s1. The van der Waals surface area contributed by atoms with Crippen molar-refractivity contribution in [2.24, 2.45) is 0 Å². The molecule has 1 N–H and O–H groups in total. The molecule has 6 rings (SSSR count). The SMILES string of the molecule is CC(=O)Nc1ccc(C=CC(=O)N(Cc2ccc(N3CCN(C(C)=O)CC3)cc2)[C@@H](Cc2ccccc2)C(=O)N2CCN(Cc3ccc(C#N)cc3)CC2)cc1. The largest absolute Gasteiger partial charge is 0.368 e. The molecule has 11 nitrogen and oxygen atoms in total. The number of amides is 4. The molecule has 4 amide bonds. The molecule has 11 heteroatoms. The van der Waals surface area contributed by atoms with Gasteiger partial charge < -0.3 is 24.9 Å². The number of carbonyl (C=O) groups is 4. The lowest BCUT2D eigenvalue weighted by Crippen LogP contribution is -2.56. The number of carbonyl (C=O) groups excluding carboxylic acids is 4. The van der Waals surface area contributed by atoms with Gasteiger partial charge in [0.25, 0.3) is 0 Å². The average Bonchev–Trinajstić information content (AvgIpc) is 3.22. The van der Waals surface area contributed by atoms with Crippen molar-refractivity contribution in [2.45, 2.75) is 39.4 Å². The Morgan fingerprint density at radius 2 is 1.36 bits per heavy atom. The maximum Gasteiger partial charge on any atom is 0.247 e. The molecule has 4 aromatic carbocycles. The molecule has 4 aromatic rings. The maximum absolute atomic E-state index is 14.7. The first-order valence-electron chi connectivity index (χ1n) is 19.1. The van der Waals surface area contributed by atoms with Gasteiger partial charge in [-0.15, -0.1) is 0 Å². The van der Waals surface area contributed by atoms with Crippen LogP contribution in [0.2, 0.25) is 0 Å². The molecule has 1 atom stereocenters. The fourth-order valence-corrected chi connectivity index (χ4v) is 7.22. The molecular weight excluding hydrogens is 703 g/mol. The highest BCUT2D eigenvalue weighted by atomic mass is 16.2. The van der Waals surface area contributed by atoms with Gasteiger partial charge in [-0.25, -0.2) is 0 Å². The second-order valence-electron chi connectivity index (χ2n) is 14.4. The molecule has 0 aliphatic carbocycles. The van der Waals surface area contributed by atoms with Crippen molar-refractivity contribution in [3.05, 3.63) is 137 Å². The summed E-state index contributed by atoms with van der Waals surface area (Å²) in [4.78, 5) is 62.5. The zero-order valence-corrected chi connectivity index (χ0v) is 32.1. The van der Waals surface area contributed by atoms with Crippen LogP contribution in [0.3, 0.4) is 0 Å². The molecule has 0 unspecified atom stereocenters. The van der Waals surface area contributed by atoms with Crippen LogP contribution >= 0.6 is 0 Å². The van der Waals surface area contributed by atoms with E-state index in [1.807, 2.05) is 88.7 Å². The summed E-state index contributed by atoms with van der Waals surface area (Å²) in [7, 11) is 0. The number of piperazine rings is 2. The molecule has 2 fully saturated rings. The lowest BCUT2D eigenvalue weighted by molar-refractivity contribution is -0.145. The van der Waals surface area contributed by atoms with E-state index in [-0.39, 0.29) is 30.2 Å². The fourth-order valence-electron chi connectivity index (χ4n) is 7.22. The normalized spacial score (nSPS) is 15.3. The van der Waals surface area contributed by atoms with Gasteiger partial charge in [-0.1, -0.05) is 66.7 Å². The zero-order valence-electron chi connectivity index (χ0n) is 32.1. The van der Waals surface area contributed by atoms with Crippen LogP contribution in [0.5, 0.6) is 0 Å². The van der Waals surface area contributed by atoms with Crippen molar-refractivity contribution in [1.82, 2.24) is 19.6 Å². The third-order valence-corrected chi connectivity index (χ3v) is 10.4. The summed E-state index contributed by atoms with van der Waals surface area (Å²) in [6, 6.07) is 34.2. The van der Waals surface area contributed by atoms with Gasteiger partial charge in [0.1, 0.15) is 6.04 Å². The molecular formula is C45H49N7O4. The maximum atomic E-state index is 14.7. The Hall–Kier alpha value is -6.25. The molecule has 2 heterocycles. The van der Waals surface area contributed by atoms with Crippen molar-refractivity contribution in [3.63, 3.8) is 0 Å². The van der Waals surface area contributed by atoms with Gasteiger partial charge in [0.2, 0.25) is 23.6 Å². The van der Waals surface area contributed by atoms with Gasteiger partial charge >= 0.3 is 0 Å². The predicted molar refractivity (Wildman–Crippen MR) is 218 cm³/mol. The van der Waals surface area contributed by atoms with Crippen LogP contribution in [0.1, 0.15) is 41.7 Å². The fraction of sp³-hybridized carbons (Fsp3) is 0.311. The highest BCUT2D eigenvalue weighted by Gasteiger charge is 2.34. The van der Waals surface area contributed by atoms with Gasteiger partial charge in [-0.3, -0.25) is 24.1 Å². The Morgan fingerprint density at radius 1 is 0.732 bits per heavy atom. The van der Waals surface area contributed by atoms with Crippen molar-refractivity contribution in [1.29, 1.82) is 5.26 Å². The summed E-state index contributed by atoms with van der Waals surface area (Å²) < 4.78 is 0.